The van der Waals surface area contributed by atoms with Gasteiger partial charge in [0.15, 0.2) is 0 Å². The lowest BCUT2D eigenvalue weighted by Crippen LogP contribution is -1.87. The van der Waals surface area contributed by atoms with Crippen molar-refractivity contribution in [3.8, 4) is 11.1 Å². The van der Waals surface area contributed by atoms with Crippen LogP contribution in [-0.2, 0) is 6.42 Å². The lowest BCUT2D eigenvalue weighted by atomic mass is 9.98. The number of hydrogen-bond donors (Lipinski definition) is 0. The Morgan fingerprint density at radius 1 is 1.12 bits per heavy atom. The van der Waals surface area contributed by atoms with Gasteiger partial charge in [0.2, 0.25) is 0 Å². The molecule has 84 valence electrons. The highest BCUT2D eigenvalue weighted by atomic mass is 14.6. The van der Waals surface area contributed by atoms with E-state index >= 15 is 0 Å². The van der Waals surface area contributed by atoms with E-state index in [1.807, 2.05) is 12.4 Å². The Bertz CT molecular complexity index is 567. The Morgan fingerprint density at radius 2 is 1.94 bits per heavy atom. The van der Waals surface area contributed by atoms with E-state index in [4.69, 9.17) is 0 Å². The maximum absolute atomic E-state index is 4.08. The number of allylic oxidation sites excluding steroid dienone is 1. The zero-order chi connectivity index (χ0) is 11.7. The number of rotatable bonds is 2. The molecule has 3 rings (SSSR count). The molecule has 1 aromatic heterocycles. The van der Waals surface area contributed by atoms with Crippen LogP contribution in [0.3, 0.4) is 0 Å². The molecule has 0 amide bonds. The van der Waals surface area contributed by atoms with Gasteiger partial charge in [0.05, 0.1) is 0 Å². The van der Waals surface area contributed by atoms with Crippen molar-refractivity contribution in [3.63, 3.8) is 0 Å². The highest BCUT2D eigenvalue weighted by Crippen LogP contribution is 2.34. The number of fused-ring (bicyclic) bond motifs is 1. The van der Waals surface area contributed by atoms with Crippen molar-refractivity contribution < 1.29 is 0 Å². The van der Waals surface area contributed by atoms with Crippen LogP contribution in [-0.4, -0.2) is 4.98 Å². The predicted octanol–water partition coefficient (Wildman–Crippen LogP) is 4.10. The van der Waals surface area contributed by atoms with Crippen molar-refractivity contribution in [2.75, 3.05) is 0 Å². The van der Waals surface area contributed by atoms with Crippen LogP contribution in [0.25, 0.3) is 17.2 Å². The fourth-order valence-electron chi connectivity index (χ4n) is 2.45. The first-order valence-electron chi connectivity index (χ1n) is 6.10. The summed E-state index contributed by atoms with van der Waals surface area (Å²) in [5.74, 6) is 0. The summed E-state index contributed by atoms with van der Waals surface area (Å²) in [5.41, 5.74) is 6.96. The Morgan fingerprint density at radius 3 is 2.71 bits per heavy atom. The Balaban J connectivity index is 2.15. The van der Waals surface area contributed by atoms with E-state index < -0.39 is 0 Å². The largest absolute Gasteiger partial charge is 0.265 e. The van der Waals surface area contributed by atoms with Crippen LogP contribution < -0.4 is 0 Å². The van der Waals surface area contributed by atoms with Gasteiger partial charge in [0.1, 0.15) is 0 Å². The van der Waals surface area contributed by atoms with Gasteiger partial charge in [-0.3, -0.25) is 4.98 Å². The van der Waals surface area contributed by atoms with Crippen molar-refractivity contribution in [1.29, 1.82) is 0 Å². The number of hydrogen-bond acceptors (Lipinski definition) is 1. The summed E-state index contributed by atoms with van der Waals surface area (Å²) < 4.78 is 0. The molecule has 0 bridgehead atoms. The third-order valence-electron chi connectivity index (χ3n) is 3.41. The maximum atomic E-state index is 4.08. The lowest BCUT2D eigenvalue weighted by Gasteiger charge is -2.07. The zero-order valence-electron chi connectivity index (χ0n) is 9.98. The summed E-state index contributed by atoms with van der Waals surface area (Å²) in [6.45, 7) is 2.23. The molecule has 0 aliphatic heterocycles. The Kier molecular flexibility index (Phi) is 2.52. The van der Waals surface area contributed by atoms with Crippen molar-refractivity contribution in [2.24, 2.45) is 0 Å². The number of aromatic nitrogens is 1. The van der Waals surface area contributed by atoms with Crippen molar-refractivity contribution >= 4 is 6.08 Å². The van der Waals surface area contributed by atoms with Crippen LogP contribution >= 0.6 is 0 Å². The van der Waals surface area contributed by atoms with E-state index in [9.17, 15) is 0 Å². The van der Waals surface area contributed by atoms with E-state index in [-0.39, 0.29) is 0 Å². The molecule has 0 N–H and O–H groups in total. The normalized spacial score (nSPS) is 13.4. The SMILES string of the molecule is CCC1=Cc2c(cccc2-c2ccncc2)C1. The molecule has 0 unspecified atom stereocenters. The first-order chi connectivity index (χ1) is 8.38. The molecule has 0 saturated carbocycles. The molecule has 0 saturated heterocycles. The summed E-state index contributed by atoms with van der Waals surface area (Å²) >= 11 is 0. The average molecular weight is 221 g/mol. The molecule has 0 radical (unpaired) electrons. The number of nitrogens with zero attached hydrogens (tertiary/aromatic N) is 1. The third kappa shape index (κ3) is 1.78. The molecule has 1 heterocycles. The average Bonchev–Trinajstić information content (AvgIpc) is 2.82. The van der Waals surface area contributed by atoms with E-state index in [1.165, 1.54) is 27.8 Å². The van der Waals surface area contributed by atoms with Gasteiger partial charge in [-0.15, -0.1) is 0 Å². The summed E-state index contributed by atoms with van der Waals surface area (Å²) in [6, 6.07) is 10.7. The van der Waals surface area contributed by atoms with Gasteiger partial charge < -0.3 is 0 Å². The molecular formula is C16H15N. The molecule has 0 spiro atoms. The van der Waals surface area contributed by atoms with E-state index in [1.54, 1.807) is 0 Å². The number of pyridine rings is 1. The standard InChI is InChI=1S/C16H15N/c1-2-12-10-14-4-3-5-15(16(14)11-12)13-6-8-17-9-7-13/h3-9,11H,2,10H2,1H3. The van der Waals surface area contributed by atoms with Gasteiger partial charge in [-0.05, 0) is 47.2 Å². The summed E-state index contributed by atoms with van der Waals surface area (Å²) in [5, 5.41) is 0. The van der Waals surface area contributed by atoms with Crippen molar-refractivity contribution in [2.45, 2.75) is 19.8 Å². The van der Waals surface area contributed by atoms with Gasteiger partial charge in [0.25, 0.3) is 0 Å². The highest BCUT2D eigenvalue weighted by molar-refractivity contribution is 5.80. The quantitative estimate of drug-likeness (QED) is 0.744. The van der Waals surface area contributed by atoms with Crippen molar-refractivity contribution in [3.05, 3.63) is 59.4 Å². The first-order valence-corrected chi connectivity index (χ1v) is 6.10. The minimum absolute atomic E-state index is 1.12. The van der Waals surface area contributed by atoms with Gasteiger partial charge in [0, 0.05) is 12.4 Å². The summed E-state index contributed by atoms with van der Waals surface area (Å²) in [7, 11) is 0. The smallest absolute Gasteiger partial charge is 0.0273 e. The van der Waals surface area contributed by atoms with Crippen molar-refractivity contribution in [1.82, 2.24) is 4.98 Å². The third-order valence-corrected chi connectivity index (χ3v) is 3.41. The fourth-order valence-corrected chi connectivity index (χ4v) is 2.45. The fraction of sp³-hybridized carbons (Fsp3) is 0.188. The minimum atomic E-state index is 1.12. The maximum Gasteiger partial charge on any atom is 0.0273 e. The van der Waals surface area contributed by atoms with Crippen LogP contribution in [0.5, 0.6) is 0 Å². The monoisotopic (exact) mass is 221 g/mol. The van der Waals surface area contributed by atoms with E-state index in [0.29, 0.717) is 0 Å². The molecule has 1 aromatic carbocycles. The topological polar surface area (TPSA) is 12.9 Å². The van der Waals surface area contributed by atoms with Gasteiger partial charge in [-0.2, -0.15) is 0 Å². The second-order valence-corrected chi connectivity index (χ2v) is 4.45. The summed E-state index contributed by atoms with van der Waals surface area (Å²) in [6.07, 6.45) is 8.32. The van der Waals surface area contributed by atoms with Gasteiger partial charge in [-0.25, -0.2) is 0 Å². The van der Waals surface area contributed by atoms with E-state index in [2.05, 4.69) is 48.3 Å². The van der Waals surface area contributed by atoms with Crippen LogP contribution in [0.4, 0.5) is 0 Å². The highest BCUT2D eigenvalue weighted by Gasteiger charge is 2.14. The van der Waals surface area contributed by atoms with Crippen LogP contribution in [0.15, 0.2) is 48.3 Å². The Hall–Kier alpha value is -1.89. The second kappa shape index (κ2) is 4.17. The minimum Gasteiger partial charge on any atom is -0.265 e. The molecule has 2 aromatic rings. The molecule has 0 fully saturated rings. The molecular weight excluding hydrogens is 206 g/mol. The molecule has 1 nitrogen and oxygen atoms in total. The molecule has 0 atom stereocenters. The Labute approximate surface area is 102 Å². The predicted molar refractivity (Wildman–Crippen MR) is 71.6 cm³/mol. The van der Waals surface area contributed by atoms with Gasteiger partial charge >= 0.3 is 0 Å². The molecule has 1 heteroatoms. The van der Waals surface area contributed by atoms with Crippen LogP contribution in [0.1, 0.15) is 24.5 Å². The summed E-state index contributed by atoms with van der Waals surface area (Å²) in [4.78, 5) is 4.08. The molecule has 1 aliphatic carbocycles. The zero-order valence-corrected chi connectivity index (χ0v) is 9.98. The van der Waals surface area contributed by atoms with E-state index in [0.717, 1.165) is 12.8 Å². The van der Waals surface area contributed by atoms with Crippen LogP contribution in [0.2, 0.25) is 0 Å². The first kappa shape index (κ1) is 10.3. The lowest BCUT2D eigenvalue weighted by molar-refractivity contribution is 1.04. The second-order valence-electron chi connectivity index (χ2n) is 4.45. The van der Waals surface area contributed by atoms with Gasteiger partial charge in [-0.1, -0.05) is 36.8 Å². The van der Waals surface area contributed by atoms with Crippen LogP contribution in [0, 0.1) is 0 Å². The molecule has 17 heavy (non-hydrogen) atoms. The molecule has 1 aliphatic rings. The number of benzene rings is 1.